The second kappa shape index (κ2) is 9.08. The first-order valence-corrected chi connectivity index (χ1v) is 9.87. The van der Waals surface area contributed by atoms with Crippen LogP contribution in [0.3, 0.4) is 0 Å². The molecule has 0 aliphatic heterocycles. The molecule has 3 rings (SSSR count). The van der Waals surface area contributed by atoms with Gasteiger partial charge in [0.2, 0.25) is 0 Å². The van der Waals surface area contributed by atoms with Gasteiger partial charge >= 0.3 is 0 Å². The van der Waals surface area contributed by atoms with Gasteiger partial charge in [-0.2, -0.15) is 4.99 Å². The van der Waals surface area contributed by atoms with Crippen molar-refractivity contribution < 1.29 is 14.3 Å². The molecule has 1 aromatic heterocycles. The van der Waals surface area contributed by atoms with Crippen LogP contribution in [0.15, 0.2) is 41.4 Å². The number of halogens is 3. The minimum absolute atomic E-state index is 0.186. The van der Waals surface area contributed by atoms with Crippen molar-refractivity contribution in [2.24, 2.45) is 4.99 Å². The van der Waals surface area contributed by atoms with Crippen molar-refractivity contribution in [2.75, 3.05) is 20.3 Å². The number of nitrogens with zero attached hydrogens (tertiary/aromatic N) is 2. The molecule has 0 saturated heterocycles. The molecule has 0 aliphatic rings. The minimum atomic E-state index is -0.412. The van der Waals surface area contributed by atoms with E-state index in [1.165, 1.54) is 11.3 Å². The Morgan fingerprint density at radius 2 is 1.89 bits per heavy atom. The van der Waals surface area contributed by atoms with Crippen LogP contribution in [0.2, 0.25) is 15.1 Å². The van der Waals surface area contributed by atoms with Gasteiger partial charge in [0.05, 0.1) is 26.9 Å². The van der Waals surface area contributed by atoms with Gasteiger partial charge in [-0.3, -0.25) is 4.79 Å². The van der Waals surface area contributed by atoms with Gasteiger partial charge in [-0.05, 0) is 36.4 Å². The third-order valence-corrected chi connectivity index (χ3v) is 5.74. The van der Waals surface area contributed by atoms with Gasteiger partial charge in [-0.15, -0.1) is 0 Å². The Balaban J connectivity index is 1.90. The zero-order valence-corrected chi connectivity index (χ0v) is 17.3. The molecule has 1 amide bonds. The van der Waals surface area contributed by atoms with Gasteiger partial charge in [-0.25, -0.2) is 0 Å². The minimum Gasteiger partial charge on any atom is -0.484 e. The lowest BCUT2D eigenvalue weighted by Crippen LogP contribution is -2.21. The van der Waals surface area contributed by atoms with E-state index in [0.717, 1.165) is 10.2 Å². The molecule has 0 aliphatic carbocycles. The zero-order chi connectivity index (χ0) is 19.4. The number of carbonyl (C=O) groups excluding carboxylic acids is 1. The number of methoxy groups -OCH3 is 1. The summed E-state index contributed by atoms with van der Waals surface area (Å²) in [4.78, 5) is 17.0. The highest BCUT2D eigenvalue weighted by Crippen LogP contribution is 2.32. The standard InChI is InChI=1S/C18H15Cl3N2O3S/c1-25-9-8-23-17-14(7-6-13(20)16(17)21)27-18(23)22-15(24)10-26-12-4-2-11(19)3-5-12/h2-7H,8-10H2,1H3. The first kappa shape index (κ1) is 20.2. The number of amides is 1. The summed E-state index contributed by atoms with van der Waals surface area (Å²) in [5.41, 5.74) is 0.733. The summed E-state index contributed by atoms with van der Waals surface area (Å²) in [6.07, 6.45) is 0. The molecule has 5 nitrogen and oxygen atoms in total. The van der Waals surface area contributed by atoms with E-state index in [4.69, 9.17) is 44.3 Å². The first-order chi connectivity index (χ1) is 13.0. The molecular weight excluding hydrogens is 431 g/mol. The first-order valence-electron chi connectivity index (χ1n) is 7.92. The Kier molecular flexibility index (Phi) is 6.78. The summed E-state index contributed by atoms with van der Waals surface area (Å²) in [5.74, 6) is 0.131. The Labute approximate surface area is 174 Å². The molecular formula is C18H15Cl3N2O3S. The third-order valence-electron chi connectivity index (χ3n) is 3.65. The summed E-state index contributed by atoms with van der Waals surface area (Å²) in [6, 6.07) is 10.3. The number of rotatable bonds is 6. The topological polar surface area (TPSA) is 52.8 Å². The number of fused-ring (bicyclic) bond motifs is 1. The Morgan fingerprint density at radius 3 is 2.59 bits per heavy atom. The van der Waals surface area contributed by atoms with Crippen molar-refractivity contribution in [1.82, 2.24) is 4.57 Å². The van der Waals surface area contributed by atoms with Crippen molar-refractivity contribution in [1.29, 1.82) is 0 Å². The van der Waals surface area contributed by atoms with Gasteiger partial charge in [-0.1, -0.05) is 46.1 Å². The predicted octanol–water partition coefficient (Wildman–Crippen LogP) is 4.82. The molecule has 142 valence electrons. The number of thiazole rings is 1. The molecule has 0 bridgehead atoms. The highest BCUT2D eigenvalue weighted by atomic mass is 35.5. The number of hydrogen-bond donors (Lipinski definition) is 0. The smallest absolute Gasteiger partial charge is 0.286 e. The molecule has 0 spiro atoms. The second-order valence-corrected chi connectivity index (χ2v) is 7.72. The monoisotopic (exact) mass is 444 g/mol. The van der Waals surface area contributed by atoms with Crippen molar-refractivity contribution in [3.8, 4) is 5.75 Å². The number of carbonyl (C=O) groups is 1. The van der Waals surface area contributed by atoms with Crippen LogP contribution < -0.4 is 9.54 Å². The van der Waals surface area contributed by atoms with Crippen LogP contribution in [0.4, 0.5) is 0 Å². The maximum Gasteiger partial charge on any atom is 0.286 e. The fourth-order valence-corrected chi connectivity index (χ4v) is 4.08. The average molecular weight is 446 g/mol. The van der Waals surface area contributed by atoms with Gasteiger partial charge in [0.1, 0.15) is 5.75 Å². The third kappa shape index (κ3) is 4.83. The zero-order valence-electron chi connectivity index (χ0n) is 14.2. The van der Waals surface area contributed by atoms with Crippen LogP contribution in [-0.4, -0.2) is 30.8 Å². The van der Waals surface area contributed by atoms with E-state index in [9.17, 15) is 4.79 Å². The van der Waals surface area contributed by atoms with Crippen molar-refractivity contribution in [3.63, 3.8) is 0 Å². The van der Waals surface area contributed by atoms with Crippen molar-refractivity contribution >= 4 is 62.3 Å². The molecule has 0 atom stereocenters. The Hall–Kier alpha value is -1.57. The number of benzene rings is 2. The van der Waals surface area contributed by atoms with E-state index >= 15 is 0 Å². The van der Waals surface area contributed by atoms with E-state index in [1.807, 2.05) is 10.6 Å². The van der Waals surface area contributed by atoms with Crippen LogP contribution in [0, 0.1) is 0 Å². The van der Waals surface area contributed by atoms with E-state index in [2.05, 4.69) is 4.99 Å². The normalized spacial score (nSPS) is 11.9. The molecule has 2 aromatic carbocycles. The molecule has 0 radical (unpaired) electrons. The largest absolute Gasteiger partial charge is 0.484 e. The van der Waals surface area contributed by atoms with Crippen molar-refractivity contribution in [3.05, 3.63) is 56.3 Å². The van der Waals surface area contributed by atoms with Crippen LogP contribution in [0.1, 0.15) is 0 Å². The van der Waals surface area contributed by atoms with Crippen molar-refractivity contribution in [2.45, 2.75) is 6.54 Å². The second-order valence-electron chi connectivity index (χ2n) is 5.49. The van der Waals surface area contributed by atoms with E-state index in [-0.39, 0.29) is 6.61 Å². The summed E-state index contributed by atoms with van der Waals surface area (Å²) in [7, 11) is 1.60. The van der Waals surface area contributed by atoms with Gasteiger partial charge in [0.15, 0.2) is 11.4 Å². The number of ether oxygens (including phenoxy) is 2. The average Bonchev–Trinajstić information content (AvgIpc) is 3.00. The lowest BCUT2D eigenvalue weighted by molar-refractivity contribution is -0.120. The maximum atomic E-state index is 12.3. The van der Waals surface area contributed by atoms with E-state index in [1.54, 1.807) is 37.4 Å². The molecule has 0 fully saturated rings. The summed E-state index contributed by atoms with van der Waals surface area (Å²) < 4.78 is 13.3. The van der Waals surface area contributed by atoms with Crippen LogP contribution in [0.5, 0.6) is 5.75 Å². The van der Waals surface area contributed by atoms with Crippen LogP contribution in [0.25, 0.3) is 10.2 Å². The summed E-state index contributed by atoms with van der Waals surface area (Å²) in [5, 5.41) is 1.46. The Morgan fingerprint density at radius 1 is 1.15 bits per heavy atom. The molecule has 9 heteroatoms. The fraction of sp³-hybridized carbons (Fsp3) is 0.222. The Bertz CT molecular complexity index is 1030. The van der Waals surface area contributed by atoms with Gasteiger partial charge in [0, 0.05) is 18.7 Å². The number of aromatic nitrogens is 1. The molecule has 0 saturated carbocycles. The van der Waals surface area contributed by atoms with E-state index < -0.39 is 5.91 Å². The molecule has 0 unspecified atom stereocenters. The fourth-order valence-electron chi connectivity index (χ4n) is 2.39. The molecule has 0 N–H and O–H groups in total. The SMILES string of the molecule is COCCn1c(=NC(=O)COc2ccc(Cl)cc2)sc2ccc(Cl)c(Cl)c21. The van der Waals surface area contributed by atoms with Gasteiger partial charge in [0.25, 0.3) is 5.91 Å². The lowest BCUT2D eigenvalue weighted by atomic mass is 10.3. The highest BCUT2D eigenvalue weighted by molar-refractivity contribution is 7.16. The van der Waals surface area contributed by atoms with Crippen LogP contribution >= 0.6 is 46.1 Å². The predicted molar refractivity (Wildman–Crippen MR) is 109 cm³/mol. The molecule has 1 heterocycles. The summed E-state index contributed by atoms with van der Waals surface area (Å²) in [6.45, 7) is 0.743. The molecule has 27 heavy (non-hydrogen) atoms. The van der Waals surface area contributed by atoms with E-state index in [0.29, 0.717) is 38.8 Å². The quantitative estimate of drug-likeness (QED) is 0.547. The number of hydrogen-bond acceptors (Lipinski definition) is 4. The highest BCUT2D eigenvalue weighted by Gasteiger charge is 2.13. The maximum absolute atomic E-state index is 12.3. The molecule has 3 aromatic rings. The summed E-state index contributed by atoms with van der Waals surface area (Å²) >= 11 is 19.7. The van der Waals surface area contributed by atoms with Gasteiger partial charge < -0.3 is 14.0 Å². The lowest BCUT2D eigenvalue weighted by Gasteiger charge is -2.06. The van der Waals surface area contributed by atoms with Crippen LogP contribution in [-0.2, 0) is 16.1 Å².